The second-order valence-corrected chi connectivity index (χ2v) is 22.3. The van der Waals surface area contributed by atoms with E-state index in [4.69, 9.17) is 9.47 Å². The SMILES string of the molecule is C=C(C)C(=O)OC(CCCCCC)Oc1ccc(-c2ccc(-c3ccc(-c4ccc5c(c4)C4(c6cc(-c7ccc(-c8ccc(C)s8)s7)ccc6-5)C5(C)CCC4(C)CC5)s3)cc2)cc1. The van der Waals surface area contributed by atoms with Gasteiger partial charge in [0.1, 0.15) is 5.75 Å². The quantitative estimate of drug-likeness (QED) is 0.0472. The summed E-state index contributed by atoms with van der Waals surface area (Å²) in [5, 5.41) is 0. The third-order valence-corrected chi connectivity index (χ3v) is 18.2. The molecule has 2 saturated carbocycles. The van der Waals surface area contributed by atoms with Gasteiger partial charge in [-0.3, -0.25) is 0 Å². The fraction of sp³-hybridized carbons (Fsp3) is 0.316. The molecule has 2 bridgehead atoms. The Morgan fingerprint density at radius 1 is 0.603 bits per heavy atom. The van der Waals surface area contributed by atoms with E-state index >= 15 is 0 Å². The van der Waals surface area contributed by atoms with Crippen LogP contribution in [0.1, 0.15) is 101 Å². The fourth-order valence-electron chi connectivity index (χ4n) is 11.4. The number of ether oxygens (including phenoxy) is 2. The van der Waals surface area contributed by atoms with Crippen molar-refractivity contribution in [1.82, 2.24) is 0 Å². The normalized spacial score (nSPS) is 21.1. The number of rotatable bonds is 14. The Morgan fingerprint density at radius 3 is 1.62 bits per heavy atom. The van der Waals surface area contributed by atoms with Crippen molar-refractivity contribution in [2.24, 2.45) is 10.8 Å². The summed E-state index contributed by atoms with van der Waals surface area (Å²) in [5.41, 5.74) is 12.9. The van der Waals surface area contributed by atoms with E-state index in [0.717, 1.165) is 36.8 Å². The average molecular weight is 885 g/mol. The fourth-order valence-corrected chi connectivity index (χ4v) is 14.4. The maximum absolute atomic E-state index is 12.3. The van der Waals surface area contributed by atoms with Crippen LogP contribution in [-0.4, -0.2) is 12.3 Å². The van der Waals surface area contributed by atoms with Crippen molar-refractivity contribution < 1.29 is 14.3 Å². The van der Waals surface area contributed by atoms with Crippen LogP contribution >= 0.6 is 34.0 Å². The minimum Gasteiger partial charge on any atom is -0.455 e. The van der Waals surface area contributed by atoms with Crippen molar-refractivity contribution in [3.8, 4) is 69.1 Å². The highest BCUT2D eigenvalue weighted by Gasteiger charge is 2.71. The number of unbranched alkanes of at least 4 members (excludes halogenated alkanes) is 3. The number of carbonyl (C=O) groups excluding carboxylic acids is 1. The number of benzene rings is 4. The third kappa shape index (κ3) is 7.27. The number of hydrogen-bond donors (Lipinski definition) is 0. The van der Waals surface area contributed by atoms with E-state index in [1.807, 2.05) is 46.1 Å². The molecule has 0 saturated heterocycles. The van der Waals surface area contributed by atoms with Gasteiger partial charge in [0.25, 0.3) is 0 Å². The van der Waals surface area contributed by atoms with Crippen molar-refractivity contribution in [3.05, 3.63) is 149 Å². The zero-order valence-electron chi connectivity index (χ0n) is 37.1. The number of fused-ring (bicyclic) bond motifs is 3. The highest BCUT2D eigenvalue weighted by Crippen LogP contribution is 2.78. The molecule has 3 aliphatic rings. The Bertz CT molecular complexity index is 2810. The standard InChI is InChI=1S/C57H56O3S3/c1-7-8-9-10-11-53(60-54(58)36(2)3)59-43-21-17-39(18-22-43)38-13-15-40(16-14-38)48-26-27-49(62-48)41-19-23-44-45-24-20-42(50-28-29-52(63-50)51-25-12-37(4)61-51)35-47(45)57(46(44)34-41)55(5)30-32-56(57,6)33-31-55/h12-29,34-35,53H,2,7-11,30-33H2,1,3-6H3. The van der Waals surface area contributed by atoms with Gasteiger partial charge in [-0.25, -0.2) is 4.79 Å². The molecule has 4 aromatic carbocycles. The molecule has 1 atom stereocenters. The minimum atomic E-state index is -0.634. The Kier molecular flexibility index (Phi) is 11.0. The molecule has 2 fully saturated rings. The molecule has 7 aromatic rings. The van der Waals surface area contributed by atoms with Crippen LogP contribution in [0.3, 0.4) is 0 Å². The lowest BCUT2D eigenvalue weighted by molar-refractivity contribution is -0.159. The smallest absolute Gasteiger partial charge is 0.336 e. The van der Waals surface area contributed by atoms with E-state index < -0.39 is 12.3 Å². The largest absolute Gasteiger partial charge is 0.455 e. The van der Waals surface area contributed by atoms with Crippen LogP contribution in [0.4, 0.5) is 0 Å². The third-order valence-electron chi connectivity index (χ3n) is 14.7. The molecular formula is C57H56O3S3. The van der Waals surface area contributed by atoms with Gasteiger partial charge in [0, 0.05) is 46.7 Å². The molecule has 0 amide bonds. The van der Waals surface area contributed by atoms with Crippen molar-refractivity contribution in [2.45, 2.75) is 104 Å². The van der Waals surface area contributed by atoms with E-state index in [0.29, 0.717) is 17.7 Å². The molecule has 3 aliphatic carbocycles. The van der Waals surface area contributed by atoms with Crippen LogP contribution in [0.15, 0.2) is 133 Å². The summed E-state index contributed by atoms with van der Waals surface area (Å²) in [4.78, 5) is 20.3. The van der Waals surface area contributed by atoms with Gasteiger partial charge in [-0.2, -0.15) is 0 Å². The van der Waals surface area contributed by atoms with E-state index in [1.54, 1.807) is 18.1 Å². The van der Waals surface area contributed by atoms with Crippen LogP contribution in [-0.2, 0) is 14.9 Å². The zero-order valence-corrected chi connectivity index (χ0v) is 39.6. The van der Waals surface area contributed by atoms with Crippen LogP contribution in [0.2, 0.25) is 0 Å². The monoisotopic (exact) mass is 884 g/mol. The second-order valence-electron chi connectivity index (χ2n) is 18.8. The molecule has 3 nitrogen and oxygen atoms in total. The Hall–Kier alpha value is -5.01. The van der Waals surface area contributed by atoms with Gasteiger partial charge in [0.05, 0.1) is 0 Å². The first-order valence-electron chi connectivity index (χ1n) is 22.8. The molecule has 63 heavy (non-hydrogen) atoms. The van der Waals surface area contributed by atoms with Gasteiger partial charge in [-0.15, -0.1) is 34.0 Å². The molecule has 10 rings (SSSR count). The lowest BCUT2D eigenvalue weighted by Crippen LogP contribution is -2.42. The minimum absolute atomic E-state index is 0.00467. The number of esters is 1. The number of thiophene rings is 3. The van der Waals surface area contributed by atoms with Crippen LogP contribution in [0, 0.1) is 17.8 Å². The molecule has 3 aromatic heterocycles. The van der Waals surface area contributed by atoms with Crippen LogP contribution < -0.4 is 4.74 Å². The van der Waals surface area contributed by atoms with E-state index in [2.05, 4.69) is 143 Å². The zero-order chi connectivity index (χ0) is 43.5. The maximum Gasteiger partial charge on any atom is 0.336 e. The lowest BCUT2D eigenvalue weighted by atomic mass is 9.57. The number of hydrogen-bond acceptors (Lipinski definition) is 6. The lowest BCUT2D eigenvalue weighted by Gasteiger charge is -2.45. The van der Waals surface area contributed by atoms with Crippen molar-refractivity contribution >= 4 is 40.0 Å². The molecule has 320 valence electrons. The molecule has 0 aliphatic heterocycles. The summed E-state index contributed by atoms with van der Waals surface area (Å²) in [5.74, 6) is 0.266. The molecule has 3 heterocycles. The van der Waals surface area contributed by atoms with Crippen LogP contribution in [0.25, 0.3) is 63.3 Å². The average Bonchev–Trinajstić information content (AvgIpc) is 4.16. The maximum atomic E-state index is 12.3. The molecule has 1 unspecified atom stereocenters. The predicted molar refractivity (Wildman–Crippen MR) is 267 cm³/mol. The van der Waals surface area contributed by atoms with E-state index in [-0.39, 0.29) is 16.2 Å². The van der Waals surface area contributed by atoms with Crippen LogP contribution in [0.5, 0.6) is 5.75 Å². The van der Waals surface area contributed by atoms with Gasteiger partial charge in [0.2, 0.25) is 6.29 Å². The topological polar surface area (TPSA) is 35.5 Å². The predicted octanol–water partition coefficient (Wildman–Crippen LogP) is 17.2. The highest BCUT2D eigenvalue weighted by atomic mass is 32.1. The summed E-state index contributed by atoms with van der Waals surface area (Å²) in [6.45, 7) is 15.0. The summed E-state index contributed by atoms with van der Waals surface area (Å²) in [7, 11) is 0. The summed E-state index contributed by atoms with van der Waals surface area (Å²) in [6.07, 6.45) is 9.46. The van der Waals surface area contributed by atoms with Gasteiger partial charge in [-0.05, 0) is 168 Å². The molecule has 0 radical (unpaired) electrons. The number of carbonyl (C=O) groups is 1. The van der Waals surface area contributed by atoms with Gasteiger partial charge < -0.3 is 9.47 Å². The van der Waals surface area contributed by atoms with E-state index in [9.17, 15) is 4.79 Å². The Balaban J connectivity index is 0.897. The first kappa shape index (κ1) is 42.0. The summed E-state index contributed by atoms with van der Waals surface area (Å²) < 4.78 is 11.8. The molecule has 6 heteroatoms. The molecule has 1 spiro atoms. The number of aryl methyl sites for hydroxylation is 1. The highest BCUT2D eigenvalue weighted by molar-refractivity contribution is 7.23. The van der Waals surface area contributed by atoms with Gasteiger partial charge in [0.15, 0.2) is 0 Å². The summed E-state index contributed by atoms with van der Waals surface area (Å²) >= 11 is 5.70. The van der Waals surface area contributed by atoms with Crippen molar-refractivity contribution in [3.63, 3.8) is 0 Å². The van der Waals surface area contributed by atoms with E-state index in [1.165, 1.54) is 82.8 Å². The van der Waals surface area contributed by atoms with Gasteiger partial charge in [-0.1, -0.05) is 107 Å². The van der Waals surface area contributed by atoms with Crippen molar-refractivity contribution in [1.29, 1.82) is 0 Å². The van der Waals surface area contributed by atoms with Crippen molar-refractivity contribution in [2.75, 3.05) is 0 Å². The molecular weight excluding hydrogens is 829 g/mol. The Labute approximate surface area is 385 Å². The van der Waals surface area contributed by atoms with Gasteiger partial charge >= 0.3 is 5.97 Å². The molecule has 0 N–H and O–H groups in total. The Morgan fingerprint density at radius 2 is 1.08 bits per heavy atom. The first-order chi connectivity index (χ1) is 30.5. The first-order valence-corrected chi connectivity index (χ1v) is 25.2. The second kappa shape index (κ2) is 16.5. The summed E-state index contributed by atoms with van der Waals surface area (Å²) in [6, 6.07) is 45.6.